The molecule has 1 aliphatic rings. The van der Waals surface area contributed by atoms with E-state index in [1.807, 2.05) is 11.8 Å². The van der Waals surface area contributed by atoms with Crippen LogP contribution >= 0.6 is 0 Å². The summed E-state index contributed by atoms with van der Waals surface area (Å²) in [6, 6.07) is 11.1. The van der Waals surface area contributed by atoms with Crippen LogP contribution in [0.4, 0.5) is 10.1 Å². The van der Waals surface area contributed by atoms with E-state index in [0.29, 0.717) is 36.4 Å². The number of para-hydroxylation sites is 1. The molecule has 1 N–H and O–H groups in total. The molecule has 0 spiro atoms. The maximum Gasteiger partial charge on any atom is 0.251 e. The Morgan fingerprint density at radius 1 is 1.11 bits per heavy atom. The molecule has 1 aliphatic heterocycles. The Morgan fingerprint density at radius 2 is 1.79 bits per heavy atom. The van der Waals surface area contributed by atoms with Crippen LogP contribution in [0.2, 0.25) is 0 Å². The van der Waals surface area contributed by atoms with Gasteiger partial charge in [-0.2, -0.15) is 4.31 Å². The van der Waals surface area contributed by atoms with Gasteiger partial charge < -0.3 is 10.2 Å². The van der Waals surface area contributed by atoms with E-state index in [0.717, 1.165) is 0 Å². The van der Waals surface area contributed by atoms with Crippen LogP contribution in [0.25, 0.3) is 0 Å². The van der Waals surface area contributed by atoms with E-state index in [-0.39, 0.29) is 29.7 Å². The Morgan fingerprint density at radius 3 is 2.43 bits per heavy atom. The van der Waals surface area contributed by atoms with Gasteiger partial charge in [0.05, 0.1) is 10.6 Å². The molecule has 1 heterocycles. The molecular formula is C20H24FN3O3S. The lowest BCUT2D eigenvalue weighted by atomic mass is 10.1. The van der Waals surface area contributed by atoms with Crippen molar-refractivity contribution in [3.63, 3.8) is 0 Å². The van der Waals surface area contributed by atoms with Gasteiger partial charge >= 0.3 is 0 Å². The lowest BCUT2D eigenvalue weighted by Gasteiger charge is -2.35. The fraction of sp³-hybridized carbons (Fsp3) is 0.350. The predicted molar refractivity (Wildman–Crippen MR) is 107 cm³/mol. The van der Waals surface area contributed by atoms with E-state index in [4.69, 9.17) is 0 Å². The molecule has 6 nitrogen and oxygen atoms in total. The van der Waals surface area contributed by atoms with Crippen molar-refractivity contribution in [3.8, 4) is 0 Å². The second-order valence-corrected chi connectivity index (χ2v) is 8.62. The highest BCUT2D eigenvalue weighted by Gasteiger charge is 2.30. The van der Waals surface area contributed by atoms with Gasteiger partial charge in [0.15, 0.2) is 0 Å². The van der Waals surface area contributed by atoms with Gasteiger partial charge in [-0.1, -0.05) is 18.2 Å². The van der Waals surface area contributed by atoms with Gasteiger partial charge in [0.25, 0.3) is 5.91 Å². The molecule has 0 unspecified atom stereocenters. The summed E-state index contributed by atoms with van der Waals surface area (Å²) in [6.07, 6.45) is 0. The Hall–Kier alpha value is -2.45. The normalized spacial score (nSPS) is 15.5. The number of amides is 1. The number of nitrogens with zero attached hydrogens (tertiary/aromatic N) is 2. The summed E-state index contributed by atoms with van der Waals surface area (Å²) < 4.78 is 41.5. The second-order valence-electron chi connectivity index (χ2n) is 6.68. The van der Waals surface area contributed by atoms with Gasteiger partial charge in [0.2, 0.25) is 10.0 Å². The number of nitrogens with one attached hydrogen (secondary N) is 1. The van der Waals surface area contributed by atoms with Crippen molar-refractivity contribution >= 4 is 21.6 Å². The molecule has 1 amide bonds. The molecule has 0 radical (unpaired) electrons. The first kappa shape index (κ1) is 20.3. The van der Waals surface area contributed by atoms with E-state index >= 15 is 0 Å². The third kappa shape index (κ3) is 4.02. The highest BCUT2D eigenvalue weighted by Crippen LogP contribution is 2.24. The standard InChI is InChI=1S/C20H24FN3O3S/c1-3-22-20(25)17-14-16(9-8-15(17)2)28(26,27)24-12-10-23(11-13-24)19-7-5-4-6-18(19)21/h4-9,14H,3,10-13H2,1-2H3,(H,22,25). The van der Waals surface area contributed by atoms with E-state index in [2.05, 4.69) is 5.32 Å². The quantitative estimate of drug-likeness (QED) is 0.829. The van der Waals surface area contributed by atoms with Crippen molar-refractivity contribution in [1.82, 2.24) is 9.62 Å². The molecule has 0 aromatic heterocycles. The number of hydrogen-bond acceptors (Lipinski definition) is 4. The molecule has 3 rings (SSSR count). The van der Waals surface area contributed by atoms with Crippen LogP contribution in [-0.2, 0) is 10.0 Å². The van der Waals surface area contributed by atoms with Gasteiger partial charge in [0, 0.05) is 38.3 Å². The van der Waals surface area contributed by atoms with E-state index in [1.54, 1.807) is 31.2 Å². The minimum Gasteiger partial charge on any atom is -0.367 e. The van der Waals surface area contributed by atoms with Crippen molar-refractivity contribution in [3.05, 3.63) is 59.4 Å². The average Bonchev–Trinajstić information content (AvgIpc) is 2.69. The first-order valence-electron chi connectivity index (χ1n) is 9.23. The zero-order valence-corrected chi connectivity index (χ0v) is 16.8. The molecule has 0 saturated carbocycles. The topological polar surface area (TPSA) is 69.7 Å². The number of sulfonamides is 1. The van der Waals surface area contributed by atoms with Crippen molar-refractivity contribution < 1.29 is 17.6 Å². The van der Waals surface area contributed by atoms with Gasteiger partial charge in [0.1, 0.15) is 5.82 Å². The number of carbonyl (C=O) groups excluding carboxylic acids is 1. The van der Waals surface area contributed by atoms with E-state index in [9.17, 15) is 17.6 Å². The summed E-state index contributed by atoms with van der Waals surface area (Å²) in [5.74, 6) is -0.606. The van der Waals surface area contributed by atoms with Crippen LogP contribution in [0.3, 0.4) is 0 Å². The molecule has 0 bridgehead atoms. The summed E-state index contributed by atoms with van der Waals surface area (Å²) in [4.78, 5) is 14.1. The smallest absolute Gasteiger partial charge is 0.251 e. The summed E-state index contributed by atoms with van der Waals surface area (Å²) in [5.41, 5.74) is 1.55. The fourth-order valence-electron chi connectivity index (χ4n) is 3.29. The Labute approximate surface area is 165 Å². The maximum absolute atomic E-state index is 14.0. The molecule has 2 aromatic carbocycles. The number of hydrogen-bond donors (Lipinski definition) is 1. The minimum absolute atomic E-state index is 0.0960. The van der Waals surface area contributed by atoms with Crippen molar-refractivity contribution in [1.29, 1.82) is 0 Å². The van der Waals surface area contributed by atoms with Crippen LogP contribution in [-0.4, -0.2) is 51.4 Å². The Kier molecular flexibility index (Phi) is 6.00. The number of aryl methyl sites for hydroxylation is 1. The van der Waals surface area contributed by atoms with Crippen LogP contribution in [0.1, 0.15) is 22.8 Å². The van der Waals surface area contributed by atoms with Crippen LogP contribution in [0.15, 0.2) is 47.4 Å². The Bertz CT molecular complexity index is 970. The zero-order chi connectivity index (χ0) is 20.3. The molecule has 1 saturated heterocycles. The average molecular weight is 405 g/mol. The summed E-state index contributed by atoms with van der Waals surface area (Å²) in [6.45, 7) is 5.34. The van der Waals surface area contributed by atoms with Gasteiger partial charge in [-0.25, -0.2) is 12.8 Å². The molecule has 150 valence electrons. The highest BCUT2D eigenvalue weighted by molar-refractivity contribution is 7.89. The summed E-state index contributed by atoms with van der Waals surface area (Å²) in [7, 11) is -3.73. The van der Waals surface area contributed by atoms with Crippen LogP contribution in [0.5, 0.6) is 0 Å². The number of rotatable bonds is 5. The first-order valence-corrected chi connectivity index (χ1v) is 10.7. The monoisotopic (exact) mass is 405 g/mol. The van der Waals surface area contributed by atoms with Crippen LogP contribution < -0.4 is 10.2 Å². The number of carbonyl (C=O) groups is 1. The molecule has 28 heavy (non-hydrogen) atoms. The molecule has 2 aromatic rings. The molecule has 0 aliphatic carbocycles. The summed E-state index contributed by atoms with van der Waals surface area (Å²) in [5, 5.41) is 2.70. The van der Waals surface area contributed by atoms with Crippen molar-refractivity contribution in [2.45, 2.75) is 18.7 Å². The van der Waals surface area contributed by atoms with E-state index in [1.165, 1.54) is 22.5 Å². The predicted octanol–water partition coefficient (Wildman–Crippen LogP) is 2.39. The van der Waals surface area contributed by atoms with Gasteiger partial charge in [-0.15, -0.1) is 0 Å². The zero-order valence-electron chi connectivity index (χ0n) is 16.0. The lowest BCUT2D eigenvalue weighted by molar-refractivity contribution is 0.0955. The van der Waals surface area contributed by atoms with Crippen molar-refractivity contribution in [2.75, 3.05) is 37.6 Å². The fourth-order valence-corrected chi connectivity index (χ4v) is 4.74. The number of piperazine rings is 1. The number of anilines is 1. The summed E-state index contributed by atoms with van der Waals surface area (Å²) >= 11 is 0. The molecule has 8 heteroatoms. The van der Waals surface area contributed by atoms with Gasteiger partial charge in [-0.05, 0) is 43.7 Å². The SMILES string of the molecule is CCNC(=O)c1cc(S(=O)(=O)N2CCN(c3ccccc3F)CC2)ccc1C. The largest absolute Gasteiger partial charge is 0.367 e. The second kappa shape index (κ2) is 8.28. The van der Waals surface area contributed by atoms with Crippen molar-refractivity contribution in [2.24, 2.45) is 0 Å². The molecule has 1 fully saturated rings. The van der Waals surface area contributed by atoms with Gasteiger partial charge in [-0.3, -0.25) is 4.79 Å². The third-order valence-corrected chi connectivity index (χ3v) is 6.76. The number of benzene rings is 2. The lowest BCUT2D eigenvalue weighted by Crippen LogP contribution is -2.48. The number of halogens is 1. The van der Waals surface area contributed by atoms with E-state index < -0.39 is 10.0 Å². The highest BCUT2D eigenvalue weighted by atomic mass is 32.2. The maximum atomic E-state index is 14.0. The minimum atomic E-state index is -3.73. The van der Waals surface area contributed by atoms with Crippen LogP contribution in [0, 0.1) is 12.7 Å². The molecule has 0 atom stereocenters. The molecular weight excluding hydrogens is 381 g/mol. The third-order valence-electron chi connectivity index (χ3n) is 4.86. The first-order chi connectivity index (χ1) is 13.3. The Balaban J connectivity index is 1.78.